The lowest BCUT2D eigenvalue weighted by Gasteiger charge is -2.34. The minimum atomic E-state index is -0.379. The van der Waals surface area contributed by atoms with Crippen molar-refractivity contribution < 1.29 is 14.0 Å². The van der Waals surface area contributed by atoms with Crippen molar-refractivity contribution in [1.82, 2.24) is 9.80 Å². The maximum absolute atomic E-state index is 13.1. The SMILES string of the molecule is O=C(CN1CCN(C(=O)Cc2cccs2)CC1)Nc1cccc(F)c1. The van der Waals surface area contributed by atoms with E-state index in [1.54, 1.807) is 23.5 Å². The van der Waals surface area contributed by atoms with Crippen molar-refractivity contribution in [3.63, 3.8) is 0 Å². The zero-order valence-electron chi connectivity index (χ0n) is 13.8. The van der Waals surface area contributed by atoms with Gasteiger partial charge in [0.1, 0.15) is 5.82 Å². The molecule has 1 aromatic heterocycles. The highest BCUT2D eigenvalue weighted by atomic mass is 32.1. The third-order valence-corrected chi connectivity index (χ3v) is 4.98. The Labute approximate surface area is 150 Å². The van der Waals surface area contributed by atoms with Gasteiger partial charge in [0.25, 0.3) is 0 Å². The van der Waals surface area contributed by atoms with E-state index in [1.165, 1.54) is 12.1 Å². The molecule has 132 valence electrons. The minimum Gasteiger partial charge on any atom is -0.340 e. The van der Waals surface area contributed by atoms with Gasteiger partial charge >= 0.3 is 0 Å². The third-order valence-electron chi connectivity index (χ3n) is 4.11. The molecular formula is C18H20FN3O2S. The zero-order valence-corrected chi connectivity index (χ0v) is 14.6. The standard InChI is InChI=1S/C18H20FN3O2S/c19-14-3-1-4-15(11-14)20-17(23)13-21-6-8-22(9-7-21)18(24)12-16-5-2-10-25-16/h1-5,10-11H,6-9,12-13H2,(H,20,23). The van der Waals surface area contributed by atoms with Crippen LogP contribution in [0.4, 0.5) is 10.1 Å². The van der Waals surface area contributed by atoms with E-state index in [1.807, 2.05) is 27.3 Å². The van der Waals surface area contributed by atoms with Crippen molar-refractivity contribution in [1.29, 1.82) is 0 Å². The van der Waals surface area contributed by atoms with Crippen molar-refractivity contribution in [3.05, 3.63) is 52.5 Å². The molecule has 1 aliphatic rings. The number of piperazine rings is 1. The maximum Gasteiger partial charge on any atom is 0.238 e. The van der Waals surface area contributed by atoms with Crippen molar-refractivity contribution in [2.24, 2.45) is 0 Å². The number of anilines is 1. The van der Waals surface area contributed by atoms with E-state index < -0.39 is 0 Å². The van der Waals surface area contributed by atoms with Gasteiger partial charge in [-0.05, 0) is 29.6 Å². The first-order chi connectivity index (χ1) is 12.1. The summed E-state index contributed by atoms with van der Waals surface area (Å²) in [6, 6.07) is 9.75. The number of benzene rings is 1. The second-order valence-corrected chi connectivity index (χ2v) is 7.00. The molecule has 3 rings (SSSR count). The number of carbonyl (C=O) groups is 2. The monoisotopic (exact) mass is 361 g/mol. The number of nitrogens with zero attached hydrogens (tertiary/aromatic N) is 2. The fourth-order valence-electron chi connectivity index (χ4n) is 2.80. The molecule has 0 unspecified atom stereocenters. The lowest BCUT2D eigenvalue weighted by molar-refractivity contribution is -0.132. The molecule has 1 aromatic carbocycles. The van der Waals surface area contributed by atoms with Crippen LogP contribution in [0.5, 0.6) is 0 Å². The van der Waals surface area contributed by atoms with Crippen LogP contribution in [0, 0.1) is 5.82 Å². The Bertz CT molecular complexity index is 728. The molecule has 2 amide bonds. The molecule has 7 heteroatoms. The van der Waals surface area contributed by atoms with Gasteiger partial charge in [0.2, 0.25) is 11.8 Å². The summed E-state index contributed by atoms with van der Waals surface area (Å²) < 4.78 is 13.1. The second-order valence-electron chi connectivity index (χ2n) is 5.97. The van der Waals surface area contributed by atoms with Crippen LogP contribution in [-0.2, 0) is 16.0 Å². The highest BCUT2D eigenvalue weighted by molar-refractivity contribution is 7.10. The van der Waals surface area contributed by atoms with E-state index in [-0.39, 0.29) is 24.2 Å². The summed E-state index contributed by atoms with van der Waals surface area (Å²) in [7, 11) is 0. The molecule has 1 N–H and O–H groups in total. The Hall–Kier alpha value is -2.25. The number of nitrogens with one attached hydrogen (secondary N) is 1. The average Bonchev–Trinajstić information content (AvgIpc) is 3.08. The van der Waals surface area contributed by atoms with E-state index >= 15 is 0 Å². The molecule has 0 bridgehead atoms. The summed E-state index contributed by atoms with van der Waals surface area (Å²) in [6.07, 6.45) is 0.442. The molecule has 0 radical (unpaired) electrons. The van der Waals surface area contributed by atoms with Crippen LogP contribution in [0.25, 0.3) is 0 Å². The van der Waals surface area contributed by atoms with Crippen LogP contribution >= 0.6 is 11.3 Å². The van der Waals surface area contributed by atoms with Crippen LogP contribution in [-0.4, -0.2) is 54.3 Å². The molecule has 1 fully saturated rings. The van der Waals surface area contributed by atoms with Gasteiger partial charge in [0.15, 0.2) is 0 Å². The number of amides is 2. The Morgan fingerprint density at radius 1 is 1.12 bits per heavy atom. The summed E-state index contributed by atoms with van der Waals surface area (Å²) >= 11 is 1.59. The molecular weight excluding hydrogens is 341 g/mol. The van der Waals surface area contributed by atoms with Gasteiger partial charge in [-0.1, -0.05) is 12.1 Å². The van der Waals surface area contributed by atoms with Crippen LogP contribution in [0.3, 0.4) is 0 Å². The molecule has 0 spiro atoms. The normalized spacial score (nSPS) is 15.2. The van der Waals surface area contributed by atoms with Gasteiger partial charge in [0.05, 0.1) is 13.0 Å². The first kappa shape index (κ1) is 17.6. The number of hydrogen-bond acceptors (Lipinski definition) is 4. The van der Waals surface area contributed by atoms with Gasteiger partial charge in [-0.2, -0.15) is 0 Å². The zero-order chi connectivity index (χ0) is 17.6. The number of hydrogen-bond donors (Lipinski definition) is 1. The van der Waals surface area contributed by atoms with E-state index in [4.69, 9.17) is 0 Å². The molecule has 0 atom stereocenters. The molecule has 0 aliphatic carbocycles. The third kappa shape index (κ3) is 5.11. The highest BCUT2D eigenvalue weighted by Gasteiger charge is 2.22. The van der Waals surface area contributed by atoms with Gasteiger partial charge in [0, 0.05) is 36.7 Å². The fourth-order valence-corrected chi connectivity index (χ4v) is 3.50. The molecule has 5 nitrogen and oxygen atoms in total. The van der Waals surface area contributed by atoms with Crippen LogP contribution < -0.4 is 5.32 Å². The quantitative estimate of drug-likeness (QED) is 0.888. The predicted octanol–water partition coefficient (Wildman–Crippen LogP) is 2.21. The predicted molar refractivity (Wildman–Crippen MR) is 96.1 cm³/mol. The van der Waals surface area contributed by atoms with E-state index in [9.17, 15) is 14.0 Å². The Kier molecular flexibility index (Phi) is 5.78. The second kappa shape index (κ2) is 8.22. The molecule has 1 saturated heterocycles. The van der Waals surface area contributed by atoms with Crippen molar-refractivity contribution in [3.8, 4) is 0 Å². The average molecular weight is 361 g/mol. The molecule has 2 heterocycles. The first-order valence-electron chi connectivity index (χ1n) is 8.18. The van der Waals surface area contributed by atoms with Crippen LogP contribution in [0.1, 0.15) is 4.88 Å². The lowest BCUT2D eigenvalue weighted by atomic mass is 10.2. The Morgan fingerprint density at radius 3 is 2.60 bits per heavy atom. The number of rotatable bonds is 5. The summed E-state index contributed by atoms with van der Waals surface area (Å²) in [4.78, 5) is 29.3. The molecule has 0 saturated carbocycles. The number of halogens is 1. The van der Waals surface area contributed by atoms with Gasteiger partial charge in [-0.15, -0.1) is 11.3 Å². The van der Waals surface area contributed by atoms with Crippen LogP contribution in [0.15, 0.2) is 41.8 Å². The molecule has 1 aliphatic heterocycles. The molecule has 2 aromatic rings. The molecule has 25 heavy (non-hydrogen) atoms. The van der Waals surface area contributed by atoms with Crippen molar-refractivity contribution in [2.75, 3.05) is 38.0 Å². The highest BCUT2D eigenvalue weighted by Crippen LogP contribution is 2.12. The Morgan fingerprint density at radius 2 is 1.92 bits per heavy atom. The van der Waals surface area contributed by atoms with Crippen LogP contribution in [0.2, 0.25) is 0 Å². The van der Waals surface area contributed by atoms with E-state index in [0.29, 0.717) is 38.3 Å². The summed E-state index contributed by atoms with van der Waals surface area (Å²) in [5.41, 5.74) is 0.453. The smallest absolute Gasteiger partial charge is 0.238 e. The fraction of sp³-hybridized carbons (Fsp3) is 0.333. The number of carbonyl (C=O) groups excluding carboxylic acids is 2. The van der Waals surface area contributed by atoms with Crippen molar-refractivity contribution >= 4 is 28.8 Å². The van der Waals surface area contributed by atoms with Crippen molar-refractivity contribution in [2.45, 2.75) is 6.42 Å². The van der Waals surface area contributed by atoms with Gasteiger partial charge in [-0.25, -0.2) is 4.39 Å². The van der Waals surface area contributed by atoms with Gasteiger partial charge < -0.3 is 10.2 Å². The first-order valence-corrected chi connectivity index (χ1v) is 9.06. The van der Waals surface area contributed by atoms with E-state index in [2.05, 4.69) is 5.32 Å². The largest absolute Gasteiger partial charge is 0.340 e. The topological polar surface area (TPSA) is 52.7 Å². The summed E-state index contributed by atoms with van der Waals surface area (Å²) in [6.45, 7) is 2.80. The van der Waals surface area contributed by atoms with E-state index in [0.717, 1.165) is 4.88 Å². The Balaban J connectivity index is 1.42. The lowest BCUT2D eigenvalue weighted by Crippen LogP contribution is -2.50. The minimum absolute atomic E-state index is 0.131. The summed E-state index contributed by atoms with van der Waals surface area (Å²) in [5.74, 6) is -0.425. The van der Waals surface area contributed by atoms with Gasteiger partial charge in [-0.3, -0.25) is 14.5 Å². The summed E-state index contributed by atoms with van der Waals surface area (Å²) in [5, 5.41) is 4.66. The maximum atomic E-state index is 13.1. The number of thiophene rings is 1.